The molecule has 1 atom stereocenters. The first kappa shape index (κ1) is 16.1. The Balaban J connectivity index is 1.82. The van der Waals surface area contributed by atoms with Gasteiger partial charge in [-0.2, -0.15) is 0 Å². The molecule has 0 aliphatic heterocycles. The van der Waals surface area contributed by atoms with E-state index in [2.05, 4.69) is 24.4 Å². The summed E-state index contributed by atoms with van der Waals surface area (Å²) < 4.78 is 5.79. The van der Waals surface area contributed by atoms with Crippen molar-refractivity contribution in [3.8, 4) is 5.75 Å². The van der Waals surface area contributed by atoms with E-state index in [1.54, 1.807) is 6.92 Å². The maximum atomic E-state index is 12.1. The van der Waals surface area contributed by atoms with Crippen molar-refractivity contribution in [1.82, 2.24) is 5.32 Å². The maximum Gasteiger partial charge on any atom is 0.260 e. The van der Waals surface area contributed by atoms with Gasteiger partial charge in [0.05, 0.1) is 0 Å². The molecule has 2 aromatic carbocycles. The first-order valence-electron chi connectivity index (χ1n) is 7.77. The summed E-state index contributed by atoms with van der Waals surface area (Å²) in [7, 11) is 0. The van der Waals surface area contributed by atoms with Crippen LogP contribution in [-0.2, 0) is 17.6 Å². The zero-order valence-corrected chi connectivity index (χ0v) is 13.2. The molecule has 0 fully saturated rings. The average Bonchev–Trinajstić information content (AvgIpc) is 2.56. The zero-order chi connectivity index (χ0) is 15.8. The summed E-state index contributed by atoms with van der Waals surface area (Å²) in [5, 5.41) is 2.92. The number of hydrogen-bond donors (Lipinski definition) is 1. The molecule has 2 aromatic rings. The number of para-hydroxylation sites is 1. The predicted molar refractivity (Wildman–Crippen MR) is 89.1 cm³/mol. The average molecular weight is 297 g/mol. The van der Waals surface area contributed by atoms with Gasteiger partial charge < -0.3 is 10.1 Å². The van der Waals surface area contributed by atoms with Crippen LogP contribution in [0.5, 0.6) is 5.75 Å². The van der Waals surface area contributed by atoms with Crippen molar-refractivity contribution in [3.63, 3.8) is 0 Å². The van der Waals surface area contributed by atoms with E-state index in [-0.39, 0.29) is 5.91 Å². The van der Waals surface area contributed by atoms with Gasteiger partial charge in [0.25, 0.3) is 5.91 Å². The lowest BCUT2D eigenvalue weighted by molar-refractivity contribution is -0.127. The third-order valence-electron chi connectivity index (χ3n) is 3.58. The summed E-state index contributed by atoms with van der Waals surface area (Å²) >= 11 is 0. The lowest BCUT2D eigenvalue weighted by Gasteiger charge is -2.16. The molecular weight excluding hydrogens is 274 g/mol. The summed E-state index contributed by atoms with van der Waals surface area (Å²) in [5.74, 6) is 0.706. The number of benzene rings is 2. The Kier molecular flexibility index (Phi) is 6.01. The first-order chi connectivity index (χ1) is 10.7. The summed E-state index contributed by atoms with van der Waals surface area (Å²) in [4.78, 5) is 12.1. The van der Waals surface area contributed by atoms with Crippen LogP contribution in [0.1, 0.15) is 25.0 Å². The van der Waals surface area contributed by atoms with E-state index in [9.17, 15) is 4.79 Å². The van der Waals surface area contributed by atoms with Gasteiger partial charge >= 0.3 is 0 Å². The molecule has 0 aliphatic carbocycles. The van der Waals surface area contributed by atoms with Gasteiger partial charge in [-0.05, 0) is 37.0 Å². The maximum absolute atomic E-state index is 12.1. The van der Waals surface area contributed by atoms with Crippen molar-refractivity contribution in [2.45, 2.75) is 32.8 Å². The van der Waals surface area contributed by atoms with E-state index in [1.807, 2.05) is 42.5 Å². The van der Waals surface area contributed by atoms with Crippen LogP contribution in [0.2, 0.25) is 0 Å². The minimum absolute atomic E-state index is 0.0816. The highest BCUT2D eigenvalue weighted by Crippen LogP contribution is 2.19. The van der Waals surface area contributed by atoms with Crippen molar-refractivity contribution >= 4 is 5.91 Å². The SMILES string of the molecule is CCc1ccccc1O[C@H](C)C(=O)NCCc1ccccc1. The quantitative estimate of drug-likeness (QED) is 0.851. The Morgan fingerprint density at radius 3 is 2.50 bits per heavy atom. The van der Waals surface area contributed by atoms with Crippen LogP contribution < -0.4 is 10.1 Å². The van der Waals surface area contributed by atoms with E-state index >= 15 is 0 Å². The van der Waals surface area contributed by atoms with Crippen LogP contribution in [0.25, 0.3) is 0 Å². The van der Waals surface area contributed by atoms with Gasteiger partial charge in [-0.3, -0.25) is 4.79 Å². The number of aryl methyl sites for hydroxylation is 1. The smallest absolute Gasteiger partial charge is 0.260 e. The highest BCUT2D eigenvalue weighted by molar-refractivity contribution is 5.80. The van der Waals surface area contributed by atoms with E-state index < -0.39 is 6.10 Å². The fraction of sp³-hybridized carbons (Fsp3) is 0.316. The van der Waals surface area contributed by atoms with E-state index in [0.29, 0.717) is 6.54 Å². The number of carbonyl (C=O) groups is 1. The topological polar surface area (TPSA) is 38.3 Å². The van der Waals surface area contributed by atoms with Gasteiger partial charge in [0, 0.05) is 6.54 Å². The Bertz CT molecular complexity index is 595. The minimum Gasteiger partial charge on any atom is -0.481 e. The van der Waals surface area contributed by atoms with E-state index in [4.69, 9.17) is 4.74 Å². The molecule has 0 spiro atoms. The van der Waals surface area contributed by atoms with Gasteiger partial charge in [-0.25, -0.2) is 0 Å². The van der Waals surface area contributed by atoms with Crippen LogP contribution in [0, 0.1) is 0 Å². The summed E-state index contributed by atoms with van der Waals surface area (Å²) in [6.45, 7) is 4.48. The van der Waals surface area contributed by atoms with Gasteiger partial charge in [0.1, 0.15) is 5.75 Å². The van der Waals surface area contributed by atoms with E-state index in [1.165, 1.54) is 5.56 Å². The molecule has 2 rings (SSSR count). The molecular formula is C19H23NO2. The number of hydrogen-bond acceptors (Lipinski definition) is 2. The molecule has 22 heavy (non-hydrogen) atoms. The second-order valence-electron chi connectivity index (χ2n) is 5.25. The molecule has 0 bridgehead atoms. The molecule has 1 amide bonds. The Morgan fingerprint density at radius 2 is 1.77 bits per heavy atom. The van der Waals surface area contributed by atoms with Gasteiger partial charge in [0.15, 0.2) is 6.10 Å². The number of ether oxygens (including phenoxy) is 1. The highest BCUT2D eigenvalue weighted by atomic mass is 16.5. The van der Waals surface area contributed by atoms with Crippen LogP contribution in [0.3, 0.4) is 0 Å². The third-order valence-corrected chi connectivity index (χ3v) is 3.58. The Hall–Kier alpha value is -2.29. The summed E-state index contributed by atoms with van der Waals surface area (Å²) in [5.41, 5.74) is 2.33. The highest BCUT2D eigenvalue weighted by Gasteiger charge is 2.15. The number of amides is 1. The molecule has 0 unspecified atom stereocenters. The number of rotatable bonds is 7. The monoisotopic (exact) mass is 297 g/mol. The van der Waals surface area contributed by atoms with Gasteiger partial charge in [0.2, 0.25) is 0 Å². The molecule has 1 N–H and O–H groups in total. The second-order valence-corrected chi connectivity index (χ2v) is 5.25. The lowest BCUT2D eigenvalue weighted by atomic mass is 10.1. The molecule has 3 heteroatoms. The predicted octanol–water partition coefficient (Wildman–Crippen LogP) is 3.38. The minimum atomic E-state index is -0.497. The first-order valence-corrected chi connectivity index (χ1v) is 7.77. The van der Waals surface area contributed by atoms with Crippen molar-refractivity contribution in [2.24, 2.45) is 0 Å². The molecule has 0 heterocycles. The van der Waals surface area contributed by atoms with Crippen LogP contribution in [0.15, 0.2) is 54.6 Å². The Labute approximate surface area is 132 Å². The number of nitrogens with one attached hydrogen (secondary N) is 1. The van der Waals surface area contributed by atoms with Crippen molar-refractivity contribution in [1.29, 1.82) is 0 Å². The standard InChI is InChI=1S/C19H23NO2/c1-3-17-11-7-8-12-18(17)22-15(2)19(21)20-14-13-16-9-5-4-6-10-16/h4-12,15H,3,13-14H2,1-2H3,(H,20,21)/t15-/m1/s1. The Morgan fingerprint density at radius 1 is 1.09 bits per heavy atom. The zero-order valence-electron chi connectivity index (χ0n) is 13.2. The van der Waals surface area contributed by atoms with Gasteiger partial charge in [-0.15, -0.1) is 0 Å². The van der Waals surface area contributed by atoms with E-state index in [0.717, 1.165) is 24.2 Å². The molecule has 0 saturated carbocycles. The number of carbonyl (C=O) groups excluding carboxylic acids is 1. The van der Waals surface area contributed by atoms with Crippen molar-refractivity contribution in [3.05, 3.63) is 65.7 Å². The van der Waals surface area contributed by atoms with Crippen molar-refractivity contribution in [2.75, 3.05) is 6.54 Å². The summed E-state index contributed by atoms with van der Waals surface area (Å²) in [6.07, 6.45) is 1.21. The molecule has 0 radical (unpaired) electrons. The molecule has 0 aliphatic rings. The normalized spacial score (nSPS) is 11.7. The van der Waals surface area contributed by atoms with Crippen LogP contribution in [0.4, 0.5) is 0 Å². The fourth-order valence-corrected chi connectivity index (χ4v) is 2.27. The second kappa shape index (κ2) is 8.23. The van der Waals surface area contributed by atoms with Crippen LogP contribution in [-0.4, -0.2) is 18.6 Å². The van der Waals surface area contributed by atoms with Crippen molar-refractivity contribution < 1.29 is 9.53 Å². The molecule has 3 nitrogen and oxygen atoms in total. The molecule has 116 valence electrons. The lowest BCUT2D eigenvalue weighted by Crippen LogP contribution is -2.37. The fourth-order valence-electron chi connectivity index (χ4n) is 2.27. The molecule has 0 aromatic heterocycles. The van der Waals surface area contributed by atoms with Gasteiger partial charge in [-0.1, -0.05) is 55.5 Å². The van der Waals surface area contributed by atoms with Crippen LogP contribution >= 0.6 is 0 Å². The molecule has 0 saturated heterocycles. The third kappa shape index (κ3) is 4.62. The largest absolute Gasteiger partial charge is 0.481 e. The summed E-state index contributed by atoms with van der Waals surface area (Å²) in [6, 6.07) is 18.0.